The van der Waals surface area contributed by atoms with Gasteiger partial charge in [0.25, 0.3) is 5.56 Å². The minimum absolute atomic E-state index is 0.226. The molecule has 0 aliphatic heterocycles. The maximum atomic E-state index is 13.8. The lowest BCUT2D eigenvalue weighted by Crippen LogP contribution is -2.09. The number of fused-ring (bicyclic) bond motifs is 1. The van der Waals surface area contributed by atoms with Crippen LogP contribution in [0.4, 0.5) is 4.39 Å². The van der Waals surface area contributed by atoms with Crippen molar-refractivity contribution in [1.29, 1.82) is 0 Å². The van der Waals surface area contributed by atoms with Crippen LogP contribution in [0.2, 0.25) is 0 Å². The Labute approximate surface area is 122 Å². The molecule has 0 atom stereocenters. The minimum Gasteiger partial charge on any atom is -0.306 e. The van der Waals surface area contributed by atoms with Crippen molar-refractivity contribution in [2.45, 2.75) is 5.33 Å². The molecule has 0 fully saturated rings. The normalized spacial score (nSPS) is 10.9. The molecular weight excluding hydrogens is 323 g/mol. The van der Waals surface area contributed by atoms with Crippen LogP contribution in [0.3, 0.4) is 0 Å². The SMILES string of the molecule is O=c1[nH]c(-c2ccc(CBr)c(F)c2)nc2ccccc12. The molecular formula is C15H10BrFN2O. The largest absolute Gasteiger partial charge is 0.306 e. The highest BCUT2D eigenvalue weighted by atomic mass is 79.9. The van der Waals surface area contributed by atoms with Gasteiger partial charge in [0.2, 0.25) is 0 Å². The van der Waals surface area contributed by atoms with E-state index in [1.807, 2.05) is 6.07 Å². The van der Waals surface area contributed by atoms with E-state index in [1.54, 1.807) is 30.3 Å². The number of H-pyrrole nitrogens is 1. The topological polar surface area (TPSA) is 45.8 Å². The Balaban J connectivity index is 2.19. The Hall–Kier alpha value is -2.01. The molecule has 0 saturated heterocycles. The van der Waals surface area contributed by atoms with Crippen molar-refractivity contribution in [2.24, 2.45) is 0 Å². The first-order valence-corrected chi connectivity index (χ1v) is 7.15. The fourth-order valence-corrected chi connectivity index (χ4v) is 2.48. The molecule has 2 aromatic carbocycles. The molecule has 0 unspecified atom stereocenters. The molecule has 0 radical (unpaired) electrons. The van der Waals surface area contributed by atoms with Gasteiger partial charge in [0, 0.05) is 10.9 Å². The van der Waals surface area contributed by atoms with Crippen LogP contribution >= 0.6 is 15.9 Å². The number of hydrogen-bond donors (Lipinski definition) is 1. The maximum Gasteiger partial charge on any atom is 0.259 e. The monoisotopic (exact) mass is 332 g/mol. The molecule has 0 aliphatic rings. The average Bonchev–Trinajstić information content (AvgIpc) is 2.47. The number of nitrogens with one attached hydrogen (secondary N) is 1. The molecule has 100 valence electrons. The molecule has 3 rings (SSSR count). The van der Waals surface area contributed by atoms with E-state index in [4.69, 9.17) is 0 Å². The summed E-state index contributed by atoms with van der Waals surface area (Å²) in [5.41, 5.74) is 1.48. The molecule has 0 spiro atoms. The quantitative estimate of drug-likeness (QED) is 0.728. The standard InChI is InChI=1S/C15H10BrFN2O/c16-8-10-6-5-9(7-12(10)17)14-18-13-4-2-1-3-11(13)15(20)19-14/h1-7H,8H2,(H,18,19,20). The zero-order chi connectivity index (χ0) is 14.1. The smallest absolute Gasteiger partial charge is 0.259 e. The van der Waals surface area contributed by atoms with Crippen LogP contribution in [0.5, 0.6) is 0 Å². The number of para-hydroxylation sites is 1. The first-order valence-electron chi connectivity index (χ1n) is 6.03. The second-order valence-electron chi connectivity index (χ2n) is 4.37. The van der Waals surface area contributed by atoms with Gasteiger partial charge in [-0.1, -0.05) is 40.2 Å². The molecule has 20 heavy (non-hydrogen) atoms. The zero-order valence-corrected chi connectivity index (χ0v) is 11.9. The zero-order valence-electron chi connectivity index (χ0n) is 10.4. The van der Waals surface area contributed by atoms with E-state index < -0.39 is 0 Å². The summed E-state index contributed by atoms with van der Waals surface area (Å²) in [6, 6.07) is 11.9. The predicted molar refractivity (Wildman–Crippen MR) is 80.4 cm³/mol. The number of nitrogens with zero attached hydrogens (tertiary/aromatic N) is 1. The molecule has 5 heteroatoms. The minimum atomic E-state index is -0.324. The second kappa shape index (κ2) is 5.17. The highest BCUT2D eigenvalue weighted by Crippen LogP contribution is 2.20. The Morgan fingerprint density at radius 3 is 2.75 bits per heavy atom. The number of benzene rings is 2. The van der Waals surface area contributed by atoms with Gasteiger partial charge < -0.3 is 4.98 Å². The van der Waals surface area contributed by atoms with Gasteiger partial charge in [0.15, 0.2) is 0 Å². The third-order valence-electron chi connectivity index (χ3n) is 3.08. The van der Waals surface area contributed by atoms with Crippen LogP contribution in [0.15, 0.2) is 47.3 Å². The number of aromatic nitrogens is 2. The van der Waals surface area contributed by atoms with Gasteiger partial charge in [-0.3, -0.25) is 4.79 Å². The van der Waals surface area contributed by atoms with Gasteiger partial charge in [-0.25, -0.2) is 9.37 Å². The van der Waals surface area contributed by atoms with Crippen LogP contribution < -0.4 is 5.56 Å². The number of aromatic amines is 1. The summed E-state index contributed by atoms with van der Waals surface area (Å²) in [7, 11) is 0. The van der Waals surface area contributed by atoms with Gasteiger partial charge in [-0.2, -0.15) is 0 Å². The van der Waals surface area contributed by atoms with Crippen molar-refractivity contribution >= 4 is 26.8 Å². The molecule has 0 bridgehead atoms. The molecule has 1 aromatic heterocycles. The first-order chi connectivity index (χ1) is 9.69. The van der Waals surface area contributed by atoms with Crippen molar-refractivity contribution in [2.75, 3.05) is 0 Å². The van der Waals surface area contributed by atoms with Crippen molar-refractivity contribution in [3.05, 3.63) is 64.2 Å². The highest BCUT2D eigenvalue weighted by Gasteiger charge is 2.08. The van der Waals surface area contributed by atoms with Gasteiger partial charge in [-0.05, 0) is 23.8 Å². The van der Waals surface area contributed by atoms with E-state index >= 15 is 0 Å². The molecule has 0 saturated carbocycles. The van der Waals surface area contributed by atoms with Gasteiger partial charge in [0.05, 0.1) is 10.9 Å². The number of alkyl halides is 1. The van der Waals surface area contributed by atoms with E-state index in [0.29, 0.717) is 33.2 Å². The molecule has 3 aromatic rings. The lowest BCUT2D eigenvalue weighted by atomic mass is 10.1. The summed E-state index contributed by atoms with van der Waals surface area (Å²) in [4.78, 5) is 19.0. The third-order valence-corrected chi connectivity index (χ3v) is 3.69. The molecule has 1 heterocycles. The van der Waals surface area contributed by atoms with Crippen LogP contribution in [0.1, 0.15) is 5.56 Å². The Kier molecular flexibility index (Phi) is 3.36. The van der Waals surface area contributed by atoms with E-state index in [0.717, 1.165) is 0 Å². The lowest BCUT2D eigenvalue weighted by molar-refractivity contribution is 0.618. The Bertz CT molecular complexity index is 845. The van der Waals surface area contributed by atoms with Crippen molar-refractivity contribution in [1.82, 2.24) is 9.97 Å². The van der Waals surface area contributed by atoms with E-state index in [2.05, 4.69) is 25.9 Å². The summed E-state index contributed by atoms with van der Waals surface area (Å²) < 4.78 is 13.8. The molecule has 1 N–H and O–H groups in total. The summed E-state index contributed by atoms with van der Waals surface area (Å²) in [5.74, 6) is 0.0453. The van der Waals surface area contributed by atoms with Gasteiger partial charge >= 0.3 is 0 Å². The summed E-state index contributed by atoms with van der Waals surface area (Å²) >= 11 is 3.22. The van der Waals surface area contributed by atoms with Gasteiger partial charge in [0.1, 0.15) is 11.6 Å². The van der Waals surface area contributed by atoms with E-state index in [9.17, 15) is 9.18 Å². The first kappa shape index (κ1) is 13.0. The lowest BCUT2D eigenvalue weighted by Gasteiger charge is -2.05. The number of hydrogen-bond acceptors (Lipinski definition) is 2. The predicted octanol–water partition coefficient (Wildman–Crippen LogP) is 3.62. The van der Waals surface area contributed by atoms with E-state index in [-0.39, 0.29) is 11.4 Å². The molecule has 0 amide bonds. The average molecular weight is 333 g/mol. The van der Waals surface area contributed by atoms with Crippen molar-refractivity contribution in [3.63, 3.8) is 0 Å². The number of rotatable bonds is 2. The summed E-state index contributed by atoms with van der Waals surface area (Å²) in [6.45, 7) is 0. The van der Waals surface area contributed by atoms with Crippen molar-refractivity contribution in [3.8, 4) is 11.4 Å². The fraction of sp³-hybridized carbons (Fsp3) is 0.0667. The van der Waals surface area contributed by atoms with Crippen LogP contribution in [0, 0.1) is 5.82 Å². The Morgan fingerprint density at radius 2 is 2.00 bits per heavy atom. The van der Waals surface area contributed by atoms with Gasteiger partial charge in [-0.15, -0.1) is 0 Å². The van der Waals surface area contributed by atoms with Crippen LogP contribution in [-0.2, 0) is 5.33 Å². The molecule has 3 nitrogen and oxygen atoms in total. The molecule has 0 aliphatic carbocycles. The summed E-state index contributed by atoms with van der Waals surface area (Å²) in [6.07, 6.45) is 0. The van der Waals surface area contributed by atoms with E-state index in [1.165, 1.54) is 6.07 Å². The maximum absolute atomic E-state index is 13.8. The van der Waals surface area contributed by atoms with Crippen LogP contribution in [0.25, 0.3) is 22.3 Å². The highest BCUT2D eigenvalue weighted by molar-refractivity contribution is 9.08. The summed E-state index contributed by atoms with van der Waals surface area (Å²) in [5, 5.41) is 0.967. The second-order valence-corrected chi connectivity index (χ2v) is 4.93. The fourth-order valence-electron chi connectivity index (χ4n) is 2.03. The third kappa shape index (κ3) is 2.25. The van der Waals surface area contributed by atoms with Crippen molar-refractivity contribution < 1.29 is 4.39 Å². The Morgan fingerprint density at radius 1 is 1.20 bits per heavy atom. The van der Waals surface area contributed by atoms with Crippen LogP contribution in [-0.4, -0.2) is 9.97 Å². The number of halogens is 2.